The number of nitrogens with zero attached hydrogens (tertiary/aromatic N) is 2. The fourth-order valence-electron chi connectivity index (χ4n) is 1.78. The molecule has 1 unspecified atom stereocenters. The van der Waals surface area contributed by atoms with E-state index in [1.165, 1.54) is 5.56 Å². The van der Waals surface area contributed by atoms with E-state index >= 15 is 0 Å². The summed E-state index contributed by atoms with van der Waals surface area (Å²) in [4.78, 5) is 9.07. The van der Waals surface area contributed by atoms with E-state index in [1.807, 2.05) is 20.2 Å². The normalized spacial score (nSPS) is 12.7. The number of nitrogens with one attached hydrogen (secondary N) is 1. The van der Waals surface area contributed by atoms with E-state index in [-0.39, 0.29) is 6.04 Å². The number of hydrogen-bond donors (Lipinski definition) is 1. The largest absolute Gasteiger partial charge is 0.313 e. The van der Waals surface area contributed by atoms with Crippen molar-refractivity contribution in [2.24, 2.45) is 0 Å². The maximum Gasteiger partial charge on any atom is 0.160 e. The van der Waals surface area contributed by atoms with Crippen LogP contribution in [-0.4, -0.2) is 17.0 Å². The standard InChI is InChI=1S/C13H17N3S/c1-8-6-17-7-12(8)13-15-5-11(9(2)14-4)10(3)16-13/h5-7,9,14H,1-4H3. The molecule has 1 N–H and O–H groups in total. The van der Waals surface area contributed by atoms with Crippen molar-refractivity contribution >= 4 is 11.3 Å². The molecular formula is C13H17N3S. The van der Waals surface area contributed by atoms with E-state index in [0.717, 1.165) is 22.6 Å². The molecule has 0 radical (unpaired) electrons. The average Bonchev–Trinajstić information content (AvgIpc) is 2.74. The second-order valence-electron chi connectivity index (χ2n) is 4.21. The molecule has 0 saturated carbocycles. The molecule has 0 fully saturated rings. The van der Waals surface area contributed by atoms with Crippen molar-refractivity contribution < 1.29 is 0 Å². The average molecular weight is 247 g/mol. The zero-order valence-electron chi connectivity index (χ0n) is 10.6. The van der Waals surface area contributed by atoms with Crippen LogP contribution in [0.4, 0.5) is 0 Å². The smallest absolute Gasteiger partial charge is 0.160 e. The van der Waals surface area contributed by atoms with Crippen LogP contribution in [0.25, 0.3) is 11.4 Å². The minimum absolute atomic E-state index is 0.285. The van der Waals surface area contributed by atoms with Crippen LogP contribution < -0.4 is 5.32 Å². The second-order valence-corrected chi connectivity index (χ2v) is 4.96. The van der Waals surface area contributed by atoms with Crippen LogP contribution in [0.5, 0.6) is 0 Å². The highest BCUT2D eigenvalue weighted by molar-refractivity contribution is 7.08. The van der Waals surface area contributed by atoms with Gasteiger partial charge in [0.05, 0.1) is 0 Å². The summed E-state index contributed by atoms with van der Waals surface area (Å²) in [7, 11) is 1.95. The molecule has 3 nitrogen and oxygen atoms in total. The van der Waals surface area contributed by atoms with Gasteiger partial charge in [0.1, 0.15) is 0 Å². The first-order chi connectivity index (χ1) is 8.13. The van der Waals surface area contributed by atoms with Gasteiger partial charge in [0.2, 0.25) is 0 Å². The Kier molecular flexibility index (Phi) is 3.54. The summed E-state index contributed by atoms with van der Waals surface area (Å²) in [6.07, 6.45) is 1.93. The summed E-state index contributed by atoms with van der Waals surface area (Å²) in [5.41, 5.74) is 4.58. The first-order valence-corrected chi connectivity index (χ1v) is 6.61. The lowest BCUT2D eigenvalue weighted by atomic mass is 10.1. The molecule has 2 aromatic heterocycles. The highest BCUT2D eigenvalue weighted by atomic mass is 32.1. The minimum atomic E-state index is 0.285. The van der Waals surface area contributed by atoms with Gasteiger partial charge in [-0.25, -0.2) is 9.97 Å². The zero-order chi connectivity index (χ0) is 12.4. The molecule has 0 aliphatic heterocycles. The third-order valence-corrected chi connectivity index (χ3v) is 3.87. The molecule has 0 saturated heterocycles. The molecule has 0 aromatic carbocycles. The molecule has 2 aromatic rings. The van der Waals surface area contributed by atoms with Crippen LogP contribution in [0, 0.1) is 13.8 Å². The number of thiophene rings is 1. The molecule has 4 heteroatoms. The van der Waals surface area contributed by atoms with E-state index < -0.39 is 0 Å². The van der Waals surface area contributed by atoms with E-state index in [9.17, 15) is 0 Å². The molecule has 0 aliphatic carbocycles. The third-order valence-electron chi connectivity index (χ3n) is 3.01. The Bertz CT molecular complexity index is 519. The monoisotopic (exact) mass is 247 g/mol. The lowest BCUT2D eigenvalue weighted by Crippen LogP contribution is -2.14. The van der Waals surface area contributed by atoms with Crippen molar-refractivity contribution in [3.8, 4) is 11.4 Å². The Morgan fingerprint density at radius 1 is 1.29 bits per heavy atom. The van der Waals surface area contributed by atoms with Crippen molar-refractivity contribution in [3.05, 3.63) is 33.8 Å². The first kappa shape index (κ1) is 12.2. The van der Waals surface area contributed by atoms with Gasteiger partial charge in [0, 0.05) is 34.4 Å². The maximum atomic E-state index is 4.60. The van der Waals surface area contributed by atoms with Crippen molar-refractivity contribution in [3.63, 3.8) is 0 Å². The third kappa shape index (κ3) is 2.37. The topological polar surface area (TPSA) is 37.8 Å². The van der Waals surface area contributed by atoms with Crippen LogP contribution in [0.1, 0.15) is 29.8 Å². The van der Waals surface area contributed by atoms with E-state index in [0.29, 0.717) is 0 Å². The maximum absolute atomic E-state index is 4.60. The number of hydrogen-bond acceptors (Lipinski definition) is 4. The Labute approximate surface area is 106 Å². The quantitative estimate of drug-likeness (QED) is 0.905. The first-order valence-electron chi connectivity index (χ1n) is 5.67. The fourth-order valence-corrected chi connectivity index (χ4v) is 2.60. The van der Waals surface area contributed by atoms with E-state index in [2.05, 4.69) is 39.9 Å². The lowest BCUT2D eigenvalue weighted by Gasteiger charge is -2.13. The molecule has 0 spiro atoms. The molecule has 2 rings (SSSR count). The van der Waals surface area contributed by atoms with Crippen LogP contribution in [0.2, 0.25) is 0 Å². The van der Waals surface area contributed by atoms with Crippen molar-refractivity contribution in [2.45, 2.75) is 26.8 Å². The highest BCUT2D eigenvalue weighted by Gasteiger charge is 2.11. The van der Waals surface area contributed by atoms with Crippen LogP contribution >= 0.6 is 11.3 Å². The van der Waals surface area contributed by atoms with Gasteiger partial charge >= 0.3 is 0 Å². The van der Waals surface area contributed by atoms with E-state index in [4.69, 9.17) is 0 Å². The zero-order valence-corrected chi connectivity index (χ0v) is 11.4. The molecule has 17 heavy (non-hydrogen) atoms. The van der Waals surface area contributed by atoms with Gasteiger partial charge in [0.15, 0.2) is 5.82 Å². The summed E-state index contributed by atoms with van der Waals surface area (Å²) < 4.78 is 0. The molecule has 90 valence electrons. The van der Waals surface area contributed by atoms with Gasteiger partial charge in [-0.15, -0.1) is 0 Å². The summed E-state index contributed by atoms with van der Waals surface area (Å²) >= 11 is 1.69. The van der Waals surface area contributed by atoms with Crippen LogP contribution in [0.15, 0.2) is 17.0 Å². The summed E-state index contributed by atoms with van der Waals surface area (Å²) in [5.74, 6) is 0.827. The fraction of sp³-hybridized carbons (Fsp3) is 0.385. The molecular weight excluding hydrogens is 230 g/mol. The van der Waals surface area contributed by atoms with Crippen molar-refractivity contribution in [2.75, 3.05) is 7.05 Å². The van der Waals surface area contributed by atoms with Gasteiger partial charge in [0.25, 0.3) is 0 Å². The van der Waals surface area contributed by atoms with Crippen LogP contribution in [-0.2, 0) is 0 Å². The van der Waals surface area contributed by atoms with Gasteiger partial charge in [-0.1, -0.05) is 0 Å². The molecule has 0 bridgehead atoms. The highest BCUT2D eigenvalue weighted by Crippen LogP contribution is 2.25. The second kappa shape index (κ2) is 4.94. The lowest BCUT2D eigenvalue weighted by molar-refractivity contribution is 0.641. The minimum Gasteiger partial charge on any atom is -0.313 e. The SMILES string of the molecule is CNC(C)c1cnc(-c2cscc2C)nc1C. The predicted molar refractivity (Wildman–Crippen MR) is 72.3 cm³/mol. The molecule has 0 amide bonds. The van der Waals surface area contributed by atoms with E-state index in [1.54, 1.807) is 11.3 Å². The molecule has 0 aliphatic rings. The van der Waals surface area contributed by atoms with Crippen molar-refractivity contribution in [1.29, 1.82) is 0 Å². The van der Waals surface area contributed by atoms with Gasteiger partial charge < -0.3 is 5.32 Å². The Morgan fingerprint density at radius 3 is 2.59 bits per heavy atom. The predicted octanol–water partition coefficient (Wildman–Crippen LogP) is 3.10. The van der Waals surface area contributed by atoms with Gasteiger partial charge in [-0.05, 0) is 38.8 Å². The van der Waals surface area contributed by atoms with Crippen molar-refractivity contribution in [1.82, 2.24) is 15.3 Å². The summed E-state index contributed by atoms with van der Waals surface area (Å²) in [6, 6.07) is 0.285. The Balaban J connectivity index is 2.41. The van der Waals surface area contributed by atoms with Crippen LogP contribution in [0.3, 0.4) is 0 Å². The number of aryl methyl sites for hydroxylation is 2. The summed E-state index contributed by atoms with van der Waals surface area (Å²) in [6.45, 7) is 6.24. The number of aromatic nitrogens is 2. The molecule has 2 heterocycles. The Hall–Kier alpha value is -1.26. The summed E-state index contributed by atoms with van der Waals surface area (Å²) in [5, 5.41) is 7.44. The Morgan fingerprint density at radius 2 is 2.06 bits per heavy atom. The van der Waals surface area contributed by atoms with Gasteiger partial charge in [-0.2, -0.15) is 11.3 Å². The molecule has 1 atom stereocenters. The van der Waals surface area contributed by atoms with Gasteiger partial charge in [-0.3, -0.25) is 0 Å². The number of rotatable bonds is 3.